The summed E-state index contributed by atoms with van der Waals surface area (Å²) < 4.78 is 21.7. The van der Waals surface area contributed by atoms with Gasteiger partial charge in [-0.15, -0.1) is 0 Å². The van der Waals surface area contributed by atoms with Crippen molar-refractivity contribution in [3.8, 4) is 0 Å². The molecule has 88 valence electrons. The Morgan fingerprint density at radius 1 is 1.47 bits per heavy atom. The predicted molar refractivity (Wildman–Crippen MR) is 59.6 cm³/mol. The number of carbonyl (C=O) groups is 1. The zero-order valence-corrected chi connectivity index (χ0v) is 9.98. The number of rotatable bonds is 6. The maximum atomic E-state index is 11.5. The molecule has 0 aliphatic carbocycles. The minimum atomic E-state index is -2.91. The van der Waals surface area contributed by atoms with Crippen LogP contribution in [-0.2, 0) is 14.6 Å². The first-order chi connectivity index (χ1) is 6.97. The van der Waals surface area contributed by atoms with Gasteiger partial charge in [0.1, 0.15) is 15.6 Å². The van der Waals surface area contributed by atoms with Crippen molar-refractivity contribution in [3.05, 3.63) is 0 Å². The molecule has 1 unspecified atom stereocenters. The second-order valence-corrected chi connectivity index (χ2v) is 6.53. The van der Waals surface area contributed by atoms with Crippen LogP contribution < -0.4 is 5.32 Å². The molecule has 0 aromatic heterocycles. The van der Waals surface area contributed by atoms with Crippen LogP contribution in [0, 0.1) is 0 Å². The standard InChI is InChI=1S/C10H19NO3S/c1-15(13,14)7-3-5-10(12)8-9-4-2-6-11-9/h9,11H,2-8H2,1H3. The first kappa shape index (κ1) is 12.6. The summed E-state index contributed by atoms with van der Waals surface area (Å²) in [5.74, 6) is 0.301. The number of nitrogens with one attached hydrogen (secondary N) is 1. The number of hydrogen-bond acceptors (Lipinski definition) is 4. The van der Waals surface area contributed by atoms with E-state index in [1.165, 1.54) is 6.26 Å². The maximum absolute atomic E-state index is 11.5. The van der Waals surface area contributed by atoms with Gasteiger partial charge in [-0.1, -0.05) is 0 Å². The lowest BCUT2D eigenvalue weighted by Gasteiger charge is -2.08. The van der Waals surface area contributed by atoms with E-state index in [-0.39, 0.29) is 11.5 Å². The van der Waals surface area contributed by atoms with Crippen molar-refractivity contribution in [3.63, 3.8) is 0 Å². The van der Waals surface area contributed by atoms with Crippen molar-refractivity contribution in [1.82, 2.24) is 5.32 Å². The summed E-state index contributed by atoms with van der Waals surface area (Å²) in [5.41, 5.74) is 0. The van der Waals surface area contributed by atoms with Crippen molar-refractivity contribution in [2.45, 2.75) is 38.1 Å². The second kappa shape index (κ2) is 5.61. The Morgan fingerprint density at radius 3 is 2.73 bits per heavy atom. The molecule has 1 heterocycles. The third-order valence-corrected chi connectivity index (χ3v) is 3.64. The molecule has 0 saturated carbocycles. The van der Waals surface area contributed by atoms with Crippen LogP contribution in [0.3, 0.4) is 0 Å². The fraction of sp³-hybridized carbons (Fsp3) is 0.900. The van der Waals surface area contributed by atoms with Gasteiger partial charge in [-0.25, -0.2) is 8.42 Å². The summed E-state index contributed by atoms with van der Waals surface area (Å²) in [6.07, 6.45) is 4.83. The van der Waals surface area contributed by atoms with Crippen LogP contribution in [0.5, 0.6) is 0 Å². The van der Waals surface area contributed by atoms with Crippen molar-refractivity contribution >= 4 is 15.6 Å². The molecule has 1 N–H and O–H groups in total. The van der Waals surface area contributed by atoms with Crippen LogP contribution >= 0.6 is 0 Å². The van der Waals surface area contributed by atoms with E-state index in [1.807, 2.05) is 0 Å². The molecule has 1 atom stereocenters. The van der Waals surface area contributed by atoms with E-state index < -0.39 is 9.84 Å². The summed E-state index contributed by atoms with van der Waals surface area (Å²) >= 11 is 0. The molecule has 0 spiro atoms. The quantitative estimate of drug-likeness (QED) is 0.726. The minimum absolute atomic E-state index is 0.122. The lowest BCUT2D eigenvalue weighted by Crippen LogP contribution is -2.24. The first-order valence-corrected chi connectivity index (χ1v) is 7.46. The van der Waals surface area contributed by atoms with Gasteiger partial charge < -0.3 is 5.32 Å². The number of carbonyl (C=O) groups excluding carboxylic acids is 1. The van der Waals surface area contributed by atoms with E-state index in [2.05, 4.69) is 5.32 Å². The monoisotopic (exact) mass is 233 g/mol. The molecule has 0 aromatic rings. The third-order valence-electron chi connectivity index (χ3n) is 2.61. The van der Waals surface area contributed by atoms with Crippen LogP contribution in [0.25, 0.3) is 0 Å². The molecule has 5 heteroatoms. The van der Waals surface area contributed by atoms with Gasteiger partial charge in [-0.05, 0) is 25.8 Å². The fourth-order valence-electron chi connectivity index (χ4n) is 1.84. The second-order valence-electron chi connectivity index (χ2n) is 4.27. The highest BCUT2D eigenvalue weighted by atomic mass is 32.2. The zero-order chi connectivity index (χ0) is 11.3. The molecule has 1 aliphatic heterocycles. The molecule has 4 nitrogen and oxygen atoms in total. The van der Waals surface area contributed by atoms with Gasteiger partial charge in [0, 0.05) is 25.1 Å². The van der Waals surface area contributed by atoms with Crippen molar-refractivity contribution in [2.75, 3.05) is 18.6 Å². The Kier molecular flexibility index (Phi) is 4.73. The van der Waals surface area contributed by atoms with E-state index in [9.17, 15) is 13.2 Å². The summed E-state index contributed by atoms with van der Waals surface area (Å²) in [6, 6.07) is 0.329. The lowest BCUT2D eigenvalue weighted by atomic mass is 10.1. The van der Waals surface area contributed by atoms with Crippen molar-refractivity contribution < 1.29 is 13.2 Å². The van der Waals surface area contributed by atoms with E-state index in [1.54, 1.807) is 0 Å². The largest absolute Gasteiger partial charge is 0.314 e. The molecule has 15 heavy (non-hydrogen) atoms. The van der Waals surface area contributed by atoms with Gasteiger partial charge in [0.15, 0.2) is 0 Å². The van der Waals surface area contributed by atoms with Crippen LogP contribution in [0.2, 0.25) is 0 Å². The Labute approximate surface area is 91.4 Å². The number of Topliss-reactive ketones (excluding diaryl/α,β-unsaturated/α-hetero) is 1. The summed E-state index contributed by atoms with van der Waals surface area (Å²) in [5, 5.41) is 3.26. The van der Waals surface area contributed by atoms with Gasteiger partial charge in [-0.3, -0.25) is 4.79 Å². The van der Waals surface area contributed by atoms with Crippen LogP contribution in [-0.4, -0.2) is 38.8 Å². The molecular formula is C10H19NO3S. The molecule has 1 saturated heterocycles. The molecule has 0 amide bonds. The molecular weight excluding hydrogens is 214 g/mol. The van der Waals surface area contributed by atoms with Gasteiger partial charge in [0.2, 0.25) is 0 Å². The Hall–Kier alpha value is -0.420. The smallest absolute Gasteiger partial charge is 0.147 e. The van der Waals surface area contributed by atoms with E-state index in [0.29, 0.717) is 25.3 Å². The molecule has 0 radical (unpaired) electrons. The minimum Gasteiger partial charge on any atom is -0.314 e. The molecule has 0 aromatic carbocycles. The lowest BCUT2D eigenvalue weighted by molar-refractivity contribution is -0.119. The summed E-state index contributed by atoms with van der Waals surface area (Å²) in [4.78, 5) is 11.5. The average molecular weight is 233 g/mol. The highest BCUT2D eigenvalue weighted by Crippen LogP contribution is 2.10. The molecule has 0 bridgehead atoms. The van der Waals surface area contributed by atoms with Crippen LogP contribution in [0.4, 0.5) is 0 Å². The number of ketones is 1. The van der Waals surface area contributed by atoms with E-state index in [0.717, 1.165) is 19.4 Å². The number of hydrogen-bond donors (Lipinski definition) is 1. The van der Waals surface area contributed by atoms with Gasteiger partial charge in [0.25, 0.3) is 0 Å². The Morgan fingerprint density at radius 2 is 2.20 bits per heavy atom. The van der Waals surface area contributed by atoms with Crippen LogP contribution in [0.15, 0.2) is 0 Å². The van der Waals surface area contributed by atoms with E-state index >= 15 is 0 Å². The number of sulfone groups is 1. The maximum Gasteiger partial charge on any atom is 0.147 e. The topological polar surface area (TPSA) is 63.2 Å². The Balaban J connectivity index is 2.13. The highest BCUT2D eigenvalue weighted by molar-refractivity contribution is 7.90. The van der Waals surface area contributed by atoms with Gasteiger partial charge in [0.05, 0.1) is 5.75 Å². The average Bonchev–Trinajstić information content (AvgIpc) is 2.54. The SMILES string of the molecule is CS(=O)(=O)CCCC(=O)CC1CCCN1. The van der Waals surface area contributed by atoms with Gasteiger partial charge in [-0.2, -0.15) is 0 Å². The van der Waals surface area contributed by atoms with E-state index in [4.69, 9.17) is 0 Å². The molecule has 1 fully saturated rings. The zero-order valence-electron chi connectivity index (χ0n) is 9.16. The highest BCUT2D eigenvalue weighted by Gasteiger charge is 2.17. The van der Waals surface area contributed by atoms with Crippen molar-refractivity contribution in [1.29, 1.82) is 0 Å². The molecule has 1 aliphatic rings. The first-order valence-electron chi connectivity index (χ1n) is 5.40. The van der Waals surface area contributed by atoms with Crippen molar-refractivity contribution in [2.24, 2.45) is 0 Å². The summed E-state index contributed by atoms with van der Waals surface area (Å²) in [6.45, 7) is 1.00. The molecule has 1 rings (SSSR count). The summed E-state index contributed by atoms with van der Waals surface area (Å²) in [7, 11) is -2.91. The van der Waals surface area contributed by atoms with Gasteiger partial charge >= 0.3 is 0 Å². The van der Waals surface area contributed by atoms with Crippen LogP contribution in [0.1, 0.15) is 32.1 Å². The predicted octanol–water partition coefficient (Wildman–Crippen LogP) is 0.522. The third kappa shape index (κ3) is 5.89. The normalized spacial score (nSPS) is 21.8. The Bertz CT molecular complexity index is 305. The fourth-order valence-corrected chi connectivity index (χ4v) is 2.51.